The average Bonchev–Trinajstić information content (AvgIpc) is 2.28. The minimum absolute atomic E-state index is 0.151. The van der Waals surface area contributed by atoms with E-state index in [4.69, 9.17) is 5.11 Å². The van der Waals surface area contributed by atoms with Gasteiger partial charge in [0.05, 0.1) is 7.11 Å². The normalized spacial score (nSPS) is 12.4. The predicted octanol–water partition coefficient (Wildman–Crippen LogP) is 1.33. The van der Waals surface area contributed by atoms with Crippen molar-refractivity contribution in [2.24, 2.45) is 5.92 Å². The highest BCUT2D eigenvalue weighted by Gasteiger charge is 2.06. The summed E-state index contributed by atoms with van der Waals surface area (Å²) in [5.74, 6) is 0.399. The van der Waals surface area contributed by atoms with Gasteiger partial charge in [-0.3, -0.25) is 4.79 Å². The SMILES string of the molecule is CCCC(CCO)CNCCCC(=O)OC. The number of ether oxygens (including phenoxy) is 1. The van der Waals surface area contributed by atoms with Gasteiger partial charge in [-0.05, 0) is 38.3 Å². The van der Waals surface area contributed by atoms with Crippen LogP contribution in [0.2, 0.25) is 0 Å². The molecule has 0 radical (unpaired) electrons. The van der Waals surface area contributed by atoms with E-state index in [-0.39, 0.29) is 12.6 Å². The summed E-state index contributed by atoms with van der Waals surface area (Å²) in [4.78, 5) is 10.8. The first-order valence-corrected chi connectivity index (χ1v) is 6.13. The lowest BCUT2D eigenvalue weighted by atomic mass is 10.0. The van der Waals surface area contributed by atoms with E-state index in [9.17, 15) is 4.79 Å². The van der Waals surface area contributed by atoms with E-state index in [1.54, 1.807) is 0 Å². The quantitative estimate of drug-likeness (QED) is 0.440. The zero-order valence-electron chi connectivity index (χ0n) is 10.5. The number of aliphatic hydroxyl groups excluding tert-OH is 1. The van der Waals surface area contributed by atoms with Gasteiger partial charge < -0.3 is 15.2 Å². The first-order valence-electron chi connectivity index (χ1n) is 6.13. The molecule has 0 aliphatic carbocycles. The van der Waals surface area contributed by atoms with Crippen molar-refractivity contribution in [2.75, 3.05) is 26.8 Å². The lowest BCUT2D eigenvalue weighted by Crippen LogP contribution is -2.25. The molecule has 0 aliphatic rings. The molecular weight excluding hydrogens is 206 g/mol. The van der Waals surface area contributed by atoms with Crippen molar-refractivity contribution in [1.29, 1.82) is 0 Å². The summed E-state index contributed by atoms with van der Waals surface area (Å²) in [6, 6.07) is 0. The number of hydrogen-bond donors (Lipinski definition) is 2. The molecule has 1 atom stereocenters. The molecule has 4 heteroatoms. The second kappa shape index (κ2) is 10.9. The van der Waals surface area contributed by atoms with Crippen LogP contribution in [0.15, 0.2) is 0 Å². The van der Waals surface area contributed by atoms with Gasteiger partial charge in [-0.1, -0.05) is 13.3 Å². The molecule has 4 nitrogen and oxygen atoms in total. The molecule has 96 valence electrons. The molecule has 0 heterocycles. The summed E-state index contributed by atoms with van der Waals surface area (Å²) in [6.45, 7) is 4.17. The number of carbonyl (C=O) groups excluding carboxylic acids is 1. The molecule has 2 N–H and O–H groups in total. The molecular formula is C12H25NO3. The number of rotatable bonds is 10. The summed E-state index contributed by atoms with van der Waals surface area (Å²) in [6.07, 6.45) is 4.43. The zero-order valence-corrected chi connectivity index (χ0v) is 10.5. The summed E-state index contributed by atoms with van der Waals surface area (Å²) in [5.41, 5.74) is 0. The minimum Gasteiger partial charge on any atom is -0.469 e. The monoisotopic (exact) mass is 231 g/mol. The molecule has 0 saturated heterocycles. The number of aliphatic hydroxyl groups is 1. The average molecular weight is 231 g/mol. The van der Waals surface area contributed by atoms with Crippen LogP contribution < -0.4 is 5.32 Å². The fourth-order valence-corrected chi connectivity index (χ4v) is 1.71. The molecule has 0 rings (SSSR count). The lowest BCUT2D eigenvalue weighted by Gasteiger charge is -2.15. The first-order chi connectivity index (χ1) is 7.74. The molecule has 1 unspecified atom stereocenters. The van der Waals surface area contributed by atoms with E-state index in [0.29, 0.717) is 12.3 Å². The number of esters is 1. The Balaban J connectivity index is 3.42. The van der Waals surface area contributed by atoms with Crippen LogP contribution in [-0.2, 0) is 9.53 Å². The Morgan fingerprint density at radius 2 is 2.19 bits per heavy atom. The Kier molecular flexibility index (Phi) is 10.5. The van der Waals surface area contributed by atoms with Crippen molar-refractivity contribution in [2.45, 2.75) is 39.0 Å². The predicted molar refractivity (Wildman–Crippen MR) is 64.2 cm³/mol. The van der Waals surface area contributed by atoms with Crippen molar-refractivity contribution in [3.63, 3.8) is 0 Å². The Morgan fingerprint density at radius 1 is 1.44 bits per heavy atom. The third kappa shape index (κ3) is 8.68. The Morgan fingerprint density at radius 3 is 2.75 bits per heavy atom. The van der Waals surface area contributed by atoms with E-state index in [0.717, 1.165) is 38.8 Å². The molecule has 0 fully saturated rings. The Hall–Kier alpha value is -0.610. The van der Waals surface area contributed by atoms with Gasteiger partial charge in [0.1, 0.15) is 0 Å². The number of nitrogens with one attached hydrogen (secondary N) is 1. The third-order valence-corrected chi connectivity index (χ3v) is 2.63. The molecule has 0 aromatic rings. The van der Waals surface area contributed by atoms with Crippen LogP contribution in [0.5, 0.6) is 0 Å². The largest absolute Gasteiger partial charge is 0.469 e. The summed E-state index contributed by atoms with van der Waals surface area (Å²) in [7, 11) is 1.41. The lowest BCUT2D eigenvalue weighted by molar-refractivity contribution is -0.140. The maximum absolute atomic E-state index is 10.8. The minimum atomic E-state index is -0.151. The van der Waals surface area contributed by atoms with Crippen molar-refractivity contribution in [3.05, 3.63) is 0 Å². The maximum Gasteiger partial charge on any atom is 0.305 e. The summed E-state index contributed by atoms with van der Waals surface area (Å²) >= 11 is 0. The second-order valence-electron chi connectivity index (χ2n) is 4.05. The number of carbonyl (C=O) groups is 1. The molecule has 16 heavy (non-hydrogen) atoms. The highest BCUT2D eigenvalue weighted by molar-refractivity contribution is 5.68. The van der Waals surface area contributed by atoms with Crippen molar-refractivity contribution >= 4 is 5.97 Å². The Labute approximate surface area is 98.4 Å². The maximum atomic E-state index is 10.8. The van der Waals surface area contributed by atoms with Crippen LogP contribution in [0, 0.1) is 5.92 Å². The highest BCUT2D eigenvalue weighted by atomic mass is 16.5. The van der Waals surface area contributed by atoms with Gasteiger partial charge in [-0.25, -0.2) is 0 Å². The van der Waals surface area contributed by atoms with E-state index >= 15 is 0 Å². The van der Waals surface area contributed by atoms with Gasteiger partial charge in [0.2, 0.25) is 0 Å². The molecule has 0 bridgehead atoms. The van der Waals surface area contributed by atoms with Crippen LogP contribution in [0.25, 0.3) is 0 Å². The zero-order chi connectivity index (χ0) is 12.2. The summed E-state index contributed by atoms with van der Waals surface area (Å²) < 4.78 is 4.56. The van der Waals surface area contributed by atoms with E-state index < -0.39 is 0 Å². The van der Waals surface area contributed by atoms with Crippen LogP contribution in [0.1, 0.15) is 39.0 Å². The molecule has 0 amide bonds. The fraction of sp³-hybridized carbons (Fsp3) is 0.917. The van der Waals surface area contributed by atoms with Crippen molar-refractivity contribution in [3.8, 4) is 0 Å². The van der Waals surface area contributed by atoms with E-state index in [2.05, 4.69) is 17.0 Å². The van der Waals surface area contributed by atoms with E-state index in [1.165, 1.54) is 7.11 Å². The highest BCUT2D eigenvalue weighted by Crippen LogP contribution is 2.09. The van der Waals surface area contributed by atoms with Crippen LogP contribution in [0.3, 0.4) is 0 Å². The van der Waals surface area contributed by atoms with Crippen molar-refractivity contribution < 1.29 is 14.6 Å². The molecule has 0 aliphatic heterocycles. The van der Waals surface area contributed by atoms with Gasteiger partial charge in [0, 0.05) is 13.0 Å². The Bertz CT molecular complexity index is 168. The van der Waals surface area contributed by atoms with Crippen LogP contribution >= 0.6 is 0 Å². The first kappa shape index (κ1) is 15.4. The topological polar surface area (TPSA) is 58.6 Å². The van der Waals surface area contributed by atoms with Gasteiger partial charge in [-0.2, -0.15) is 0 Å². The molecule has 0 aromatic heterocycles. The van der Waals surface area contributed by atoms with Crippen molar-refractivity contribution in [1.82, 2.24) is 5.32 Å². The van der Waals surface area contributed by atoms with Gasteiger partial charge >= 0.3 is 5.97 Å². The standard InChI is InChI=1S/C12H25NO3/c1-3-5-11(7-9-14)10-13-8-4-6-12(15)16-2/h11,13-14H,3-10H2,1-2H3. The second-order valence-corrected chi connectivity index (χ2v) is 4.05. The van der Waals surface area contributed by atoms with Gasteiger partial charge in [-0.15, -0.1) is 0 Å². The number of methoxy groups -OCH3 is 1. The van der Waals surface area contributed by atoms with Crippen LogP contribution in [-0.4, -0.2) is 37.9 Å². The molecule has 0 spiro atoms. The smallest absolute Gasteiger partial charge is 0.305 e. The molecule has 0 aromatic carbocycles. The third-order valence-electron chi connectivity index (χ3n) is 2.63. The number of hydrogen-bond acceptors (Lipinski definition) is 4. The molecule has 0 saturated carbocycles. The van der Waals surface area contributed by atoms with Gasteiger partial charge in [0.15, 0.2) is 0 Å². The van der Waals surface area contributed by atoms with E-state index in [1.807, 2.05) is 0 Å². The van der Waals surface area contributed by atoms with Gasteiger partial charge in [0.25, 0.3) is 0 Å². The van der Waals surface area contributed by atoms with Crippen LogP contribution in [0.4, 0.5) is 0 Å². The fourth-order valence-electron chi connectivity index (χ4n) is 1.71. The summed E-state index contributed by atoms with van der Waals surface area (Å²) in [5, 5.41) is 12.2.